The first kappa shape index (κ1) is 15.6. The average molecular weight is 294 g/mol. The number of aliphatic hydroxyl groups excluding tert-OH is 1. The molecule has 116 valence electrons. The van der Waals surface area contributed by atoms with Gasteiger partial charge in [-0.15, -0.1) is 0 Å². The maximum absolute atomic E-state index is 11.8. The summed E-state index contributed by atoms with van der Waals surface area (Å²) in [4.78, 5) is 11.8. The predicted molar refractivity (Wildman–Crippen MR) is 79.1 cm³/mol. The number of hydrogen-bond donors (Lipinski definition) is 4. The van der Waals surface area contributed by atoms with Crippen LogP contribution >= 0.6 is 0 Å². The van der Waals surface area contributed by atoms with Gasteiger partial charge in [0.15, 0.2) is 0 Å². The van der Waals surface area contributed by atoms with E-state index in [0.29, 0.717) is 12.8 Å². The predicted octanol–water partition coefficient (Wildman–Crippen LogP) is 2.05. The van der Waals surface area contributed by atoms with Crippen LogP contribution in [0.1, 0.15) is 39.2 Å². The molecule has 2 rings (SSSR count). The number of phenolic OH excluding ortho intramolecular Hbond substituents is 1. The van der Waals surface area contributed by atoms with Gasteiger partial charge in [0.25, 0.3) is 0 Å². The van der Waals surface area contributed by atoms with E-state index in [1.165, 1.54) is 6.07 Å². The molecule has 1 aliphatic rings. The molecular weight excluding hydrogens is 272 g/mol. The third kappa shape index (κ3) is 3.65. The molecule has 6 heteroatoms. The molecule has 1 fully saturated rings. The van der Waals surface area contributed by atoms with E-state index in [1.807, 2.05) is 0 Å². The maximum atomic E-state index is 11.8. The fraction of sp³-hybridized carbons (Fsp3) is 0.533. The first-order valence-corrected chi connectivity index (χ1v) is 6.89. The van der Waals surface area contributed by atoms with Crippen LogP contribution in [0, 0.1) is 0 Å². The van der Waals surface area contributed by atoms with Crippen LogP contribution in [0.5, 0.6) is 5.75 Å². The van der Waals surface area contributed by atoms with E-state index in [1.54, 1.807) is 32.9 Å². The van der Waals surface area contributed by atoms with E-state index >= 15 is 0 Å². The number of anilines is 1. The fourth-order valence-electron chi connectivity index (χ4n) is 2.38. The molecule has 0 heterocycles. The molecule has 21 heavy (non-hydrogen) atoms. The largest absolute Gasteiger partial charge is 0.506 e. The molecule has 1 aromatic rings. The van der Waals surface area contributed by atoms with Gasteiger partial charge in [-0.1, -0.05) is 6.07 Å². The second kappa shape index (κ2) is 5.20. The maximum Gasteiger partial charge on any atom is 0.412 e. The molecule has 1 aliphatic carbocycles. The number of carbonyl (C=O) groups excluding carboxylic acids is 1. The fourth-order valence-corrected chi connectivity index (χ4v) is 2.38. The van der Waals surface area contributed by atoms with Crippen LogP contribution in [-0.4, -0.2) is 28.0 Å². The van der Waals surface area contributed by atoms with Crippen molar-refractivity contribution < 1.29 is 19.7 Å². The molecule has 0 aromatic heterocycles. The van der Waals surface area contributed by atoms with Crippen molar-refractivity contribution in [2.45, 2.75) is 50.9 Å². The number of carbonyl (C=O) groups is 1. The SMILES string of the molecule is CC(C)(C)OC(=O)Nc1cc(C2(N)CC(O)C2)ccc1O. The first-order valence-electron chi connectivity index (χ1n) is 6.89. The summed E-state index contributed by atoms with van der Waals surface area (Å²) in [5.41, 5.74) is 5.95. The van der Waals surface area contributed by atoms with Gasteiger partial charge in [0, 0.05) is 5.54 Å². The van der Waals surface area contributed by atoms with E-state index in [9.17, 15) is 15.0 Å². The monoisotopic (exact) mass is 294 g/mol. The van der Waals surface area contributed by atoms with Gasteiger partial charge in [0.2, 0.25) is 0 Å². The molecule has 0 atom stereocenters. The van der Waals surface area contributed by atoms with E-state index < -0.39 is 23.3 Å². The molecule has 0 unspecified atom stereocenters. The van der Waals surface area contributed by atoms with Crippen LogP contribution in [0.2, 0.25) is 0 Å². The van der Waals surface area contributed by atoms with Crippen molar-refractivity contribution in [3.8, 4) is 5.75 Å². The van der Waals surface area contributed by atoms with Crippen molar-refractivity contribution in [1.82, 2.24) is 0 Å². The highest BCUT2D eigenvalue weighted by Crippen LogP contribution is 2.41. The summed E-state index contributed by atoms with van der Waals surface area (Å²) in [6, 6.07) is 4.79. The lowest BCUT2D eigenvalue weighted by Crippen LogP contribution is -2.51. The van der Waals surface area contributed by atoms with Gasteiger partial charge in [0.1, 0.15) is 11.4 Å². The Kier molecular flexibility index (Phi) is 3.86. The number of rotatable bonds is 2. The summed E-state index contributed by atoms with van der Waals surface area (Å²) in [5.74, 6) is -0.0620. The number of aromatic hydroxyl groups is 1. The Balaban J connectivity index is 2.15. The van der Waals surface area contributed by atoms with Crippen LogP contribution in [0.15, 0.2) is 18.2 Å². The lowest BCUT2D eigenvalue weighted by Gasteiger charge is -2.42. The average Bonchev–Trinajstić information content (AvgIpc) is 2.27. The van der Waals surface area contributed by atoms with Gasteiger partial charge in [-0.2, -0.15) is 0 Å². The van der Waals surface area contributed by atoms with Crippen molar-refractivity contribution in [3.63, 3.8) is 0 Å². The Morgan fingerprint density at radius 3 is 2.57 bits per heavy atom. The van der Waals surface area contributed by atoms with Gasteiger partial charge < -0.3 is 20.7 Å². The van der Waals surface area contributed by atoms with Crippen molar-refractivity contribution in [1.29, 1.82) is 0 Å². The van der Waals surface area contributed by atoms with Gasteiger partial charge in [-0.25, -0.2) is 4.79 Å². The lowest BCUT2D eigenvalue weighted by molar-refractivity contribution is 0.0209. The molecule has 6 nitrogen and oxygen atoms in total. The van der Waals surface area contributed by atoms with E-state index in [0.717, 1.165) is 5.56 Å². The zero-order chi connectivity index (χ0) is 15.8. The molecule has 0 bridgehead atoms. The molecule has 0 saturated heterocycles. The van der Waals surface area contributed by atoms with Crippen LogP contribution in [0.4, 0.5) is 10.5 Å². The Hall–Kier alpha value is -1.79. The molecule has 0 radical (unpaired) electrons. The van der Waals surface area contributed by atoms with Crippen LogP contribution in [0.3, 0.4) is 0 Å². The summed E-state index contributed by atoms with van der Waals surface area (Å²) in [6.45, 7) is 5.27. The van der Waals surface area contributed by atoms with Crippen LogP contribution in [0.25, 0.3) is 0 Å². The zero-order valence-electron chi connectivity index (χ0n) is 12.5. The Morgan fingerprint density at radius 1 is 1.43 bits per heavy atom. The minimum Gasteiger partial charge on any atom is -0.506 e. The molecule has 1 saturated carbocycles. The molecule has 1 aromatic carbocycles. The Bertz CT molecular complexity index is 545. The highest BCUT2D eigenvalue weighted by atomic mass is 16.6. The second-order valence-electron chi connectivity index (χ2n) is 6.58. The van der Waals surface area contributed by atoms with Crippen molar-refractivity contribution >= 4 is 11.8 Å². The normalized spacial score (nSPS) is 25.1. The minimum atomic E-state index is -0.644. The number of amides is 1. The third-order valence-electron chi connectivity index (χ3n) is 3.41. The minimum absolute atomic E-state index is 0.0620. The molecular formula is C15H22N2O4. The zero-order valence-corrected chi connectivity index (χ0v) is 12.5. The number of phenols is 1. The van der Waals surface area contributed by atoms with E-state index in [2.05, 4.69) is 5.32 Å². The summed E-state index contributed by atoms with van der Waals surface area (Å²) in [6.07, 6.45) is -0.117. The summed E-state index contributed by atoms with van der Waals surface area (Å²) >= 11 is 0. The van der Waals surface area contributed by atoms with Gasteiger partial charge in [-0.05, 0) is 51.3 Å². The van der Waals surface area contributed by atoms with Gasteiger partial charge >= 0.3 is 6.09 Å². The molecule has 5 N–H and O–H groups in total. The van der Waals surface area contributed by atoms with Crippen molar-refractivity contribution in [3.05, 3.63) is 23.8 Å². The van der Waals surface area contributed by atoms with Crippen molar-refractivity contribution in [2.75, 3.05) is 5.32 Å². The standard InChI is InChI=1S/C15H22N2O4/c1-14(2,3)21-13(20)17-11-6-9(4-5-12(11)19)15(16)7-10(18)8-15/h4-6,10,18-19H,7-8,16H2,1-3H3,(H,17,20). The van der Waals surface area contributed by atoms with E-state index in [4.69, 9.17) is 10.5 Å². The smallest absolute Gasteiger partial charge is 0.412 e. The number of nitrogens with one attached hydrogen (secondary N) is 1. The quantitative estimate of drug-likeness (QED) is 0.625. The lowest BCUT2D eigenvalue weighted by atomic mass is 9.70. The number of nitrogens with two attached hydrogens (primary N) is 1. The van der Waals surface area contributed by atoms with E-state index in [-0.39, 0.29) is 11.4 Å². The third-order valence-corrected chi connectivity index (χ3v) is 3.41. The highest BCUT2D eigenvalue weighted by Gasteiger charge is 2.41. The van der Waals surface area contributed by atoms with Crippen LogP contribution in [-0.2, 0) is 10.3 Å². The van der Waals surface area contributed by atoms with Crippen LogP contribution < -0.4 is 11.1 Å². The summed E-state index contributed by atoms with van der Waals surface area (Å²) < 4.78 is 5.15. The van der Waals surface area contributed by atoms with Gasteiger partial charge in [0.05, 0.1) is 11.8 Å². The number of aliphatic hydroxyl groups is 1. The molecule has 0 aliphatic heterocycles. The second-order valence-corrected chi connectivity index (χ2v) is 6.58. The number of hydrogen-bond acceptors (Lipinski definition) is 5. The molecule has 0 spiro atoms. The van der Waals surface area contributed by atoms with Crippen molar-refractivity contribution in [2.24, 2.45) is 5.73 Å². The number of ether oxygens (including phenoxy) is 1. The molecule has 1 amide bonds. The summed E-state index contributed by atoms with van der Waals surface area (Å²) in [7, 11) is 0. The number of benzene rings is 1. The Labute approximate surface area is 123 Å². The summed E-state index contributed by atoms with van der Waals surface area (Å²) in [5, 5.41) is 21.8. The highest BCUT2D eigenvalue weighted by molar-refractivity contribution is 5.87. The Morgan fingerprint density at radius 2 is 2.05 bits per heavy atom. The first-order chi connectivity index (χ1) is 9.59. The van der Waals surface area contributed by atoms with Gasteiger partial charge in [-0.3, -0.25) is 5.32 Å². The topological polar surface area (TPSA) is 105 Å².